The van der Waals surface area contributed by atoms with E-state index in [0.717, 1.165) is 38.5 Å². The molecule has 1 aromatic rings. The Bertz CT molecular complexity index is 640. The lowest BCUT2D eigenvalue weighted by atomic mass is 9.88. The Hall–Kier alpha value is -2.24. The molecule has 1 N–H and O–H groups in total. The maximum Gasteiger partial charge on any atom is 0.261 e. The number of nitrogens with zero attached hydrogens (tertiary/aromatic N) is 1. The molecule has 6 nitrogen and oxygen atoms in total. The quantitative estimate of drug-likeness (QED) is 0.860. The lowest BCUT2D eigenvalue weighted by molar-refractivity contribution is -0.126. The van der Waals surface area contributed by atoms with Gasteiger partial charge in [0.2, 0.25) is 5.91 Å². The van der Waals surface area contributed by atoms with E-state index in [2.05, 4.69) is 5.32 Å². The van der Waals surface area contributed by atoms with Crippen LogP contribution in [0.4, 0.5) is 0 Å². The van der Waals surface area contributed by atoms with E-state index >= 15 is 0 Å². The minimum Gasteiger partial charge on any atom is -0.496 e. The normalized spacial score (nSPS) is 18.8. The van der Waals surface area contributed by atoms with Crippen LogP contribution in [-0.2, 0) is 4.79 Å². The number of carbonyl (C=O) groups is 2. The van der Waals surface area contributed by atoms with Crippen molar-refractivity contribution >= 4 is 11.8 Å². The number of piperidine rings is 1. The van der Waals surface area contributed by atoms with Crippen LogP contribution in [-0.4, -0.2) is 50.1 Å². The topological polar surface area (TPSA) is 67.9 Å². The molecule has 2 aliphatic rings. The van der Waals surface area contributed by atoms with E-state index in [1.807, 2.05) is 11.0 Å². The fraction of sp³-hybridized carbons (Fsp3) is 0.619. The molecule has 6 heteroatoms. The molecule has 2 amide bonds. The molecule has 1 saturated heterocycles. The Kier molecular flexibility index (Phi) is 6.58. The van der Waals surface area contributed by atoms with Crippen LogP contribution in [0.3, 0.4) is 0 Å². The zero-order valence-corrected chi connectivity index (χ0v) is 16.3. The van der Waals surface area contributed by atoms with Crippen molar-refractivity contribution in [2.45, 2.75) is 51.0 Å². The van der Waals surface area contributed by atoms with Gasteiger partial charge in [-0.1, -0.05) is 25.3 Å². The molecule has 0 spiro atoms. The molecule has 0 aromatic heterocycles. The van der Waals surface area contributed by atoms with E-state index in [1.165, 1.54) is 6.42 Å². The Morgan fingerprint density at radius 3 is 2.11 bits per heavy atom. The maximum atomic E-state index is 13.0. The Morgan fingerprint density at radius 2 is 1.56 bits per heavy atom. The lowest BCUT2D eigenvalue weighted by Crippen LogP contribution is -2.48. The summed E-state index contributed by atoms with van der Waals surface area (Å²) in [5.41, 5.74) is 0.465. The van der Waals surface area contributed by atoms with Crippen molar-refractivity contribution in [1.29, 1.82) is 0 Å². The third-order valence-electron chi connectivity index (χ3n) is 5.75. The second kappa shape index (κ2) is 9.11. The van der Waals surface area contributed by atoms with Gasteiger partial charge in [0.25, 0.3) is 5.91 Å². The summed E-state index contributed by atoms with van der Waals surface area (Å²) in [5, 5.41) is 3.21. The van der Waals surface area contributed by atoms with Gasteiger partial charge in [-0.2, -0.15) is 0 Å². The first kappa shape index (κ1) is 19.5. The fourth-order valence-electron chi connectivity index (χ4n) is 4.13. The molecule has 27 heavy (non-hydrogen) atoms. The third kappa shape index (κ3) is 4.54. The Labute approximate surface area is 161 Å². The Morgan fingerprint density at radius 1 is 0.963 bits per heavy atom. The summed E-state index contributed by atoms with van der Waals surface area (Å²) in [6.45, 7) is 1.24. The summed E-state index contributed by atoms with van der Waals surface area (Å²) < 4.78 is 10.7. The molecule has 0 bridgehead atoms. The lowest BCUT2D eigenvalue weighted by Gasteiger charge is -2.34. The first-order valence-corrected chi connectivity index (χ1v) is 9.94. The molecular formula is C21H30N2O4. The number of nitrogens with one attached hydrogen (secondary N) is 1. The van der Waals surface area contributed by atoms with Crippen molar-refractivity contribution in [3.8, 4) is 11.5 Å². The van der Waals surface area contributed by atoms with Gasteiger partial charge in [0.15, 0.2) is 0 Å². The first-order chi connectivity index (χ1) is 13.1. The van der Waals surface area contributed by atoms with Gasteiger partial charge in [-0.05, 0) is 37.8 Å². The highest BCUT2D eigenvalue weighted by Gasteiger charge is 2.30. The molecule has 0 radical (unpaired) electrons. The van der Waals surface area contributed by atoms with Crippen LogP contribution < -0.4 is 14.8 Å². The SMILES string of the molecule is COc1cccc(OC)c1C(=O)N1CCC(NC(=O)C2CCCCC2)CC1. The van der Waals surface area contributed by atoms with E-state index in [-0.39, 0.29) is 23.8 Å². The van der Waals surface area contributed by atoms with Gasteiger partial charge in [0, 0.05) is 25.0 Å². The summed E-state index contributed by atoms with van der Waals surface area (Å²) >= 11 is 0. The average molecular weight is 374 g/mol. The highest BCUT2D eigenvalue weighted by atomic mass is 16.5. The predicted octanol–water partition coefficient (Wildman–Crippen LogP) is 3.00. The van der Waals surface area contributed by atoms with Gasteiger partial charge in [0.1, 0.15) is 17.1 Å². The van der Waals surface area contributed by atoms with Crippen molar-refractivity contribution in [2.75, 3.05) is 27.3 Å². The number of methoxy groups -OCH3 is 2. The van der Waals surface area contributed by atoms with Gasteiger partial charge >= 0.3 is 0 Å². The molecular weight excluding hydrogens is 344 g/mol. The van der Waals surface area contributed by atoms with Gasteiger partial charge < -0.3 is 19.7 Å². The van der Waals surface area contributed by atoms with Gasteiger partial charge in [-0.3, -0.25) is 9.59 Å². The van der Waals surface area contributed by atoms with Crippen molar-refractivity contribution < 1.29 is 19.1 Å². The maximum absolute atomic E-state index is 13.0. The predicted molar refractivity (Wildman–Crippen MR) is 103 cm³/mol. The van der Waals surface area contributed by atoms with Crippen molar-refractivity contribution in [3.05, 3.63) is 23.8 Å². The van der Waals surface area contributed by atoms with E-state index in [1.54, 1.807) is 26.4 Å². The molecule has 1 aromatic carbocycles. The van der Waals surface area contributed by atoms with E-state index in [9.17, 15) is 9.59 Å². The molecule has 1 aliphatic heterocycles. The summed E-state index contributed by atoms with van der Waals surface area (Å²) in [6.07, 6.45) is 7.14. The van der Waals surface area contributed by atoms with Crippen molar-refractivity contribution in [1.82, 2.24) is 10.2 Å². The number of hydrogen-bond acceptors (Lipinski definition) is 4. The third-order valence-corrected chi connectivity index (χ3v) is 5.75. The van der Waals surface area contributed by atoms with Crippen molar-refractivity contribution in [3.63, 3.8) is 0 Å². The van der Waals surface area contributed by atoms with Crippen LogP contribution in [0.1, 0.15) is 55.3 Å². The summed E-state index contributed by atoms with van der Waals surface area (Å²) in [7, 11) is 3.11. The Balaban J connectivity index is 1.57. The van der Waals surface area contributed by atoms with Gasteiger partial charge in [-0.15, -0.1) is 0 Å². The van der Waals surface area contributed by atoms with Crippen LogP contribution in [0.25, 0.3) is 0 Å². The monoisotopic (exact) mass is 374 g/mol. The van der Waals surface area contributed by atoms with Crippen LogP contribution >= 0.6 is 0 Å². The second-order valence-electron chi connectivity index (χ2n) is 7.45. The van der Waals surface area contributed by atoms with E-state index in [4.69, 9.17) is 9.47 Å². The summed E-state index contributed by atoms with van der Waals surface area (Å²) in [5.74, 6) is 1.34. The molecule has 0 atom stereocenters. The molecule has 1 saturated carbocycles. The first-order valence-electron chi connectivity index (χ1n) is 9.94. The number of likely N-dealkylation sites (tertiary alicyclic amines) is 1. The highest BCUT2D eigenvalue weighted by molar-refractivity contribution is 5.99. The molecule has 2 fully saturated rings. The number of benzene rings is 1. The highest BCUT2D eigenvalue weighted by Crippen LogP contribution is 2.30. The van der Waals surface area contributed by atoms with Gasteiger partial charge in [0.05, 0.1) is 14.2 Å². The van der Waals surface area contributed by atoms with Crippen LogP contribution in [0.15, 0.2) is 18.2 Å². The number of hydrogen-bond donors (Lipinski definition) is 1. The second-order valence-corrected chi connectivity index (χ2v) is 7.45. The van der Waals surface area contributed by atoms with Crippen molar-refractivity contribution in [2.24, 2.45) is 5.92 Å². The zero-order chi connectivity index (χ0) is 19.2. The number of amides is 2. The molecule has 1 heterocycles. The van der Waals surface area contributed by atoms with E-state index < -0.39 is 0 Å². The molecule has 3 rings (SSSR count). The van der Waals surface area contributed by atoms with Crippen LogP contribution in [0, 0.1) is 5.92 Å². The van der Waals surface area contributed by atoms with Crippen LogP contribution in [0.2, 0.25) is 0 Å². The number of rotatable bonds is 5. The number of carbonyl (C=O) groups excluding carboxylic acids is 2. The smallest absolute Gasteiger partial charge is 0.261 e. The average Bonchev–Trinajstić information content (AvgIpc) is 2.73. The van der Waals surface area contributed by atoms with Gasteiger partial charge in [-0.25, -0.2) is 0 Å². The standard InChI is InChI=1S/C21H30N2O4/c1-26-17-9-6-10-18(27-2)19(17)21(25)23-13-11-16(12-14-23)22-20(24)15-7-4-3-5-8-15/h6,9-10,15-16H,3-5,7-8,11-14H2,1-2H3,(H,22,24). The van der Waals surface area contributed by atoms with Crippen LogP contribution in [0.5, 0.6) is 11.5 Å². The number of ether oxygens (including phenoxy) is 2. The summed E-state index contributed by atoms with van der Waals surface area (Å²) in [4.78, 5) is 27.3. The fourth-order valence-corrected chi connectivity index (χ4v) is 4.13. The molecule has 1 aliphatic carbocycles. The largest absolute Gasteiger partial charge is 0.496 e. The zero-order valence-electron chi connectivity index (χ0n) is 16.3. The minimum absolute atomic E-state index is 0.0821. The summed E-state index contributed by atoms with van der Waals surface area (Å²) in [6, 6.07) is 5.50. The molecule has 148 valence electrons. The molecule has 0 unspecified atom stereocenters. The van der Waals surface area contributed by atoms with E-state index in [0.29, 0.717) is 30.2 Å². The minimum atomic E-state index is -0.0821.